The van der Waals surface area contributed by atoms with Crippen LogP contribution in [0.4, 0.5) is 0 Å². The molecule has 5 nitrogen and oxygen atoms in total. The first-order chi connectivity index (χ1) is 10.4. The van der Waals surface area contributed by atoms with E-state index in [-0.39, 0.29) is 0 Å². The first-order valence-electron chi connectivity index (χ1n) is 8.10. The molecule has 0 saturated carbocycles. The Morgan fingerprint density at radius 2 is 1.82 bits per heavy atom. The summed E-state index contributed by atoms with van der Waals surface area (Å²) in [6.45, 7) is 10.2. The van der Waals surface area contributed by atoms with Crippen molar-refractivity contribution in [1.29, 1.82) is 0 Å². The molecule has 1 aliphatic heterocycles. The maximum absolute atomic E-state index is 12.3. The number of likely N-dealkylation sites (N-methyl/N-ethyl adjacent to an activating group) is 1. The monoisotopic (exact) mass is 327 g/mol. The maximum Gasteiger partial charge on any atom is 0.240 e. The SMILES string of the molecule is Cc1ccc(S(=O)(=O)NCCC[NH+]2CC[NH+](C)CC2)c(C)c1. The highest BCUT2D eigenvalue weighted by atomic mass is 32.2. The standard InChI is InChI=1S/C16H27N3O2S/c1-14-5-6-16(15(2)13-14)22(20,21)17-7-4-8-19-11-9-18(3)10-12-19/h5-6,13,17H,4,7-12H2,1-3H3/p+2. The summed E-state index contributed by atoms with van der Waals surface area (Å²) < 4.78 is 27.4. The summed E-state index contributed by atoms with van der Waals surface area (Å²) in [6, 6.07) is 5.45. The van der Waals surface area contributed by atoms with E-state index in [0.29, 0.717) is 11.4 Å². The van der Waals surface area contributed by atoms with Gasteiger partial charge < -0.3 is 9.80 Å². The fraction of sp³-hybridized carbons (Fsp3) is 0.625. The Kier molecular flexibility index (Phi) is 5.97. The van der Waals surface area contributed by atoms with Crippen molar-refractivity contribution in [1.82, 2.24) is 4.72 Å². The Balaban J connectivity index is 1.80. The fourth-order valence-electron chi connectivity index (χ4n) is 3.00. The van der Waals surface area contributed by atoms with Crippen LogP contribution < -0.4 is 14.5 Å². The van der Waals surface area contributed by atoms with Gasteiger partial charge in [0.15, 0.2) is 0 Å². The molecule has 0 bridgehead atoms. The van der Waals surface area contributed by atoms with Crippen LogP contribution in [-0.2, 0) is 10.0 Å². The van der Waals surface area contributed by atoms with Gasteiger partial charge in [0.25, 0.3) is 0 Å². The number of piperazine rings is 1. The minimum atomic E-state index is -3.38. The van der Waals surface area contributed by atoms with E-state index in [1.165, 1.54) is 26.2 Å². The molecular formula is C16H29N3O2S+2. The second kappa shape index (κ2) is 7.55. The molecule has 1 aliphatic rings. The minimum Gasteiger partial charge on any atom is -0.328 e. The normalized spacial score (nSPS) is 22.7. The highest BCUT2D eigenvalue weighted by Crippen LogP contribution is 2.15. The molecule has 6 heteroatoms. The van der Waals surface area contributed by atoms with Crippen LogP contribution in [0.2, 0.25) is 0 Å². The number of sulfonamides is 1. The fourth-order valence-corrected chi connectivity index (χ4v) is 4.30. The van der Waals surface area contributed by atoms with E-state index in [0.717, 1.165) is 24.1 Å². The lowest BCUT2D eigenvalue weighted by Gasteiger charge is -2.27. The number of hydrogen-bond acceptors (Lipinski definition) is 2. The van der Waals surface area contributed by atoms with Crippen LogP contribution in [0.5, 0.6) is 0 Å². The smallest absolute Gasteiger partial charge is 0.240 e. The molecule has 0 unspecified atom stereocenters. The van der Waals surface area contributed by atoms with Gasteiger partial charge in [0.2, 0.25) is 10.0 Å². The molecule has 124 valence electrons. The number of nitrogens with one attached hydrogen (secondary N) is 3. The van der Waals surface area contributed by atoms with E-state index in [1.54, 1.807) is 15.9 Å². The van der Waals surface area contributed by atoms with E-state index in [4.69, 9.17) is 0 Å². The lowest BCUT2D eigenvalue weighted by molar-refractivity contribution is -1.00. The van der Waals surface area contributed by atoms with Gasteiger partial charge in [0.1, 0.15) is 26.2 Å². The quantitative estimate of drug-likeness (QED) is 0.551. The molecule has 0 amide bonds. The molecular weight excluding hydrogens is 298 g/mol. The molecule has 1 aromatic carbocycles. The van der Waals surface area contributed by atoms with E-state index < -0.39 is 10.0 Å². The molecule has 1 fully saturated rings. The third kappa shape index (κ3) is 4.78. The van der Waals surface area contributed by atoms with Gasteiger partial charge in [-0.2, -0.15) is 0 Å². The van der Waals surface area contributed by atoms with Gasteiger partial charge in [-0.1, -0.05) is 17.7 Å². The van der Waals surface area contributed by atoms with E-state index in [1.807, 2.05) is 26.0 Å². The van der Waals surface area contributed by atoms with Gasteiger partial charge in [-0.05, 0) is 25.5 Å². The van der Waals surface area contributed by atoms with Gasteiger partial charge in [-0.25, -0.2) is 13.1 Å². The minimum absolute atomic E-state index is 0.397. The van der Waals surface area contributed by atoms with E-state index in [9.17, 15) is 8.42 Å². The first kappa shape index (κ1) is 17.4. The Labute approximate surface area is 134 Å². The van der Waals surface area contributed by atoms with Crippen molar-refractivity contribution in [2.24, 2.45) is 0 Å². The van der Waals surface area contributed by atoms with Crippen LogP contribution in [0.1, 0.15) is 17.5 Å². The number of rotatable bonds is 6. The summed E-state index contributed by atoms with van der Waals surface area (Å²) in [7, 11) is -1.15. The van der Waals surface area contributed by atoms with Gasteiger partial charge >= 0.3 is 0 Å². The molecule has 2 rings (SSSR count). The average molecular weight is 327 g/mol. The van der Waals surface area contributed by atoms with Crippen molar-refractivity contribution in [2.45, 2.75) is 25.2 Å². The topological polar surface area (TPSA) is 55.0 Å². The van der Waals surface area contributed by atoms with Gasteiger partial charge in [-0.3, -0.25) is 0 Å². The molecule has 0 aromatic heterocycles. The van der Waals surface area contributed by atoms with Crippen LogP contribution in [0.15, 0.2) is 23.1 Å². The molecule has 0 spiro atoms. The highest BCUT2D eigenvalue weighted by molar-refractivity contribution is 7.89. The Bertz CT molecular complexity index is 593. The summed E-state index contributed by atoms with van der Waals surface area (Å²) >= 11 is 0. The molecule has 3 N–H and O–H groups in total. The molecule has 0 atom stereocenters. The van der Waals surface area contributed by atoms with Crippen molar-refractivity contribution < 1.29 is 18.2 Å². The third-order valence-electron chi connectivity index (χ3n) is 4.43. The zero-order chi connectivity index (χ0) is 16.2. The summed E-state index contributed by atoms with van der Waals surface area (Å²) in [4.78, 5) is 3.59. The van der Waals surface area contributed by atoms with Crippen molar-refractivity contribution in [2.75, 3.05) is 46.3 Å². The molecule has 1 aromatic rings. The molecule has 1 saturated heterocycles. The van der Waals surface area contributed by atoms with Crippen molar-refractivity contribution >= 4 is 10.0 Å². The van der Waals surface area contributed by atoms with Crippen LogP contribution in [0, 0.1) is 13.8 Å². The first-order valence-corrected chi connectivity index (χ1v) is 9.58. The summed E-state index contributed by atoms with van der Waals surface area (Å²) in [5.74, 6) is 0. The van der Waals surface area contributed by atoms with Crippen molar-refractivity contribution in [3.8, 4) is 0 Å². The molecule has 0 aliphatic carbocycles. The molecule has 22 heavy (non-hydrogen) atoms. The van der Waals surface area contributed by atoms with Crippen LogP contribution in [0.3, 0.4) is 0 Å². The third-order valence-corrected chi connectivity index (χ3v) is 6.05. The maximum atomic E-state index is 12.3. The number of benzene rings is 1. The Hall–Kier alpha value is -0.950. The van der Waals surface area contributed by atoms with Crippen LogP contribution in [0.25, 0.3) is 0 Å². The average Bonchev–Trinajstić information content (AvgIpc) is 2.45. The summed E-state index contributed by atoms with van der Waals surface area (Å²) in [5, 5.41) is 0. The lowest BCUT2D eigenvalue weighted by Crippen LogP contribution is -3.27. The molecule has 0 radical (unpaired) electrons. The van der Waals surface area contributed by atoms with E-state index in [2.05, 4.69) is 11.8 Å². The predicted octanol–water partition coefficient (Wildman–Crippen LogP) is -1.61. The van der Waals surface area contributed by atoms with Gasteiger partial charge in [0.05, 0.1) is 18.5 Å². The molecule has 1 heterocycles. The summed E-state index contributed by atoms with van der Waals surface area (Å²) in [6.07, 6.45) is 0.887. The Morgan fingerprint density at radius 1 is 1.14 bits per heavy atom. The van der Waals surface area contributed by atoms with E-state index >= 15 is 0 Å². The van der Waals surface area contributed by atoms with Crippen LogP contribution in [-0.4, -0.2) is 54.7 Å². The Morgan fingerprint density at radius 3 is 2.45 bits per heavy atom. The van der Waals surface area contributed by atoms with Gasteiger partial charge in [0, 0.05) is 13.0 Å². The number of aryl methyl sites for hydroxylation is 2. The largest absolute Gasteiger partial charge is 0.328 e. The van der Waals surface area contributed by atoms with Crippen molar-refractivity contribution in [3.05, 3.63) is 29.3 Å². The second-order valence-corrected chi connectivity index (χ2v) is 8.21. The number of quaternary nitrogens is 2. The van der Waals surface area contributed by atoms with Crippen molar-refractivity contribution in [3.63, 3.8) is 0 Å². The summed E-state index contributed by atoms with van der Waals surface area (Å²) in [5.41, 5.74) is 1.89. The number of hydrogen-bond donors (Lipinski definition) is 3. The van der Waals surface area contributed by atoms with Crippen LogP contribution >= 0.6 is 0 Å². The van der Waals surface area contributed by atoms with Gasteiger partial charge in [-0.15, -0.1) is 0 Å². The zero-order valence-corrected chi connectivity index (χ0v) is 14.7. The predicted molar refractivity (Wildman–Crippen MR) is 87.9 cm³/mol. The second-order valence-electron chi connectivity index (χ2n) is 6.48. The zero-order valence-electron chi connectivity index (χ0n) is 13.9. The highest BCUT2D eigenvalue weighted by Gasteiger charge is 2.20. The lowest BCUT2D eigenvalue weighted by atomic mass is 10.2.